The number of rotatable bonds is 5. The maximum atomic E-state index is 12.9. The Kier molecular flexibility index (Phi) is 4.39. The number of ether oxygens (including phenoxy) is 1. The van der Waals surface area contributed by atoms with E-state index in [1.807, 2.05) is 0 Å². The molecule has 8 heteroatoms. The predicted octanol–water partition coefficient (Wildman–Crippen LogP) is 2.84. The number of ketones is 1. The van der Waals surface area contributed by atoms with Crippen LogP contribution in [0.25, 0.3) is 0 Å². The van der Waals surface area contributed by atoms with Crippen LogP contribution in [0.15, 0.2) is 36.4 Å². The molecule has 0 saturated heterocycles. The van der Waals surface area contributed by atoms with Crippen molar-refractivity contribution in [3.8, 4) is 0 Å². The minimum absolute atomic E-state index is 0.0220. The van der Waals surface area contributed by atoms with Crippen LogP contribution in [0.3, 0.4) is 0 Å². The monoisotopic (exact) mass is 309 g/mol. The first-order valence-corrected chi connectivity index (χ1v) is 6.49. The third kappa shape index (κ3) is 3.69. The van der Waals surface area contributed by atoms with Crippen molar-refractivity contribution < 1.29 is 23.6 Å². The summed E-state index contributed by atoms with van der Waals surface area (Å²) in [5.41, 5.74) is 0.0833. The summed E-state index contributed by atoms with van der Waals surface area (Å²) in [7, 11) is 0. The molecule has 0 fully saturated rings. The molecule has 0 unspecified atom stereocenters. The topological polar surface area (TPSA) is 86.5 Å². The number of hydrogen-bond acceptors (Lipinski definition) is 6. The number of Topliss-reactive ketones (excluding diaryl/α,β-unsaturated/α-hetero) is 1. The van der Waals surface area contributed by atoms with E-state index in [4.69, 9.17) is 4.74 Å². The summed E-state index contributed by atoms with van der Waals surface area (Å²) in [5.74, 6) is -1.96. The molecule has 2 rings (SSSR count). The molecular formula is C13H8FNO5S. The maximum absolute atomic E-state index is 12.9. The van der Waals surface area contributed by atoms with Crippen molar-refractivity contribution >= 4 is 28.1 Å². The summed E-state index contributed by atoms with van der Waals surface area (Å²) in [6.45, 7) is -0.562. The normalized spacial score (nSPS) is 10.1. The minimum atomic E-state index is -0.835. The maximum Gasteiger partial charge on any atom is 0.349 e. The number of esters is 1. The van der Waals surface area contributed by atoms with E-state index in [-0.39, 0.29) is 15.4 Å². The van der Waals surface area contributed by atoms with Gasteiger partial charge < -0.3 is 4.74 Å². The molecule has 1 aromatic heterocycles. The zero-order chi connectivity index (χ0) is 15.4. The molecule has 0 aliphatic carbocycles. The van der Waals surface area contributed by atoms with Gasteiger partial charge in [-0.15, -0.1) is 0 Å². The van der Waals surface area contributed by atoms with Crippen molar-refractivity contribution in [3.05, 3.63) is 62.8 Å². The van der Waals surface area contributed by atoms with Gasteiger partial charge in [-0.25, -0.2) is 9.18 Å². The van der Waals surface area contributed by atoms with E-state index < -0.39 is 29.1 Å². The molecule has 0 amide bonds. The first-order chi connectivity index (χ1) is 9.97. The Morgan fingerprint density at radius 3 is 2.67 bits per heavy atom. The molecule has 0 aliphatic heterocycles. The summed E-state index contributed by atoms with van der Waals surface area (Å²) in [6, 6.07) is 7.41. The van der Waals surface area contributed by atoms with Crippen LogP contribution in [0.1, 0.15) is 20.0 Å². The Balaban J connectivity index is 1.97. The largest absolute Gasteiger partial charge is 0.453 e. The van der Waals surface area contributed by atoms with Crippen molar-refractivity contribution in [2.45, 2.75) is 0 Å². The van der Waals surface area contributed by atoms with Crippen LogP contribution in [0.4, 0.5) is 9.39 Å². The molecule has 0 radical (unpaired) electrons. The van der Waals surface area contributed by atoms with Gasteiger partial charge in [0.1, 0.15) is 10.7 Å². The average molecular weight is 309 g/mol. The van der Waals surface area contributed by atoms with Gasteiger partial charge >= 0.3 is 11.0 Å². The van der Waals surface area contributed by atoms with Gasteiger partial charge in [-0.3, -0.25) is 14.9 Å². The van der Waals surface area contributed by atoms with Crippen LogP contribution < -0.4 is 0 Å². The predicted molar refractivity (Wildman–Crippen MR) is 72.0 cm³/mol. The Morgan fingerprint density at radius 2 is 2.05 bits per heavy atom. The second-order valence-corrected chi connectivity index (χ2v) is 4.97. The van der Waals surface area contributed by atoms with Crippen LogP contribution >= 0.6 is 11.3 Å². The van der Waals surface area contributed by atoms with Crippen molar-refractivity contribution in [2.24, 2.45) is 0 Å². The molecule has 0 spiro atoms. The van der Waals surface area contributed by atoms with Crippen LogP contribution in [0.5, 0.6) is 0 Å². The molecule has 6 nitrogen and oxygen atoms in total. The highest BCUT2D eigenvalue weighted by Crippen LogP contribution is 2.24. The SMILES string of the molecule is O=C(COC(=O)c1ccc([N+](=O)[O-])s1)c1cccc(F)c1. The lowest BCUT2D eigenvalue weighted by Gasteiger charge is -2.02. The summed E-state index contributed by atoms with van der Waals surface area (Å²) in [6.07, 6.45) is 0. The van der Waals surface area contributed by atoms with E-state index in [1.54, 1.807) is 0 Å². The van der Waals surface area contributed by atoms with Crippen LogP contribution in [-0.2, 0) is 4.74 Å². The molecule has 1 aromatic carbocycles. The second kappa shape index (κ2) is 6.23. The minimum Gasteiger partial charge on any atom is -0.453 e. The lowest BCUT2D eigenvalue weighted by molar-refractivity contribution is -0.380. The number of nitrogens with zero attached hydrogens (tertiary/aromatic N) is 1. The fraction of sp³-hybridized carbons (Fsp3) is 0.0769. The van der Waals surface area contributed by atoms with Crippen LogP contribution in [0, 0.1) is 15.9 Å². The highest BCUT2D eigenvalue weighted by molar-refractivity contribution is 7.17. The summed E-state index contributed by atoms with van der Waals surface area (Å²) in [4.78, 5) is 33.2. The molecule has 0 N–H and O–H groups in total. The van der Waals surface area contributed by atoms with Crippen LogP contribution in [-0.4, -0.2) is 23.3 Å². The molecule has 0 aliphatic rings. The number of carbonyl (C=O) groups is 2. The number of thiophene rings is 1. The smallest absolute Gasteiger partial charge is 0.349 e. The highest BCUT2D eigenvalue weighted by Gasteiger charge is 2.17. The third-order valence-electron chi connectivity index (χ3n) is 2.45. The van der Waals surface area contributed by atoms with Gasteiger partial charge in [0.25, 0.3) is 0 Å². The fourth-order valence-corrected chi connectivity index (χ4v) is 2.20. The van der Waals surface area contributed by atoms with Gasteiger partial charge in [-0.1, -0.05) is 23.5 Å². The summed E-state index contributed by atoms with van der Waals surface area (Å²) >= 11 is 0.654. The number of carbonyl (C=O) groups excluding carboxylic acids is 2. The van der Waals surface area contributed by atoms with E-state index in [2.05, 4.69) is 0 Å². The summed E-state index contributed by atoms with van der Waals surface area (Å²) < 4.78 is 17.7. The summed E-state index contributed by atoms with van der Waals surface area (Å²) in [5, 5.41) is 10.3. The number of halogens is 1. The average Bonchev–Trinajstić information content (AvgIpc) is 2.94. The standard InChI is InChI=1S/C13H8FNO5S/c14-9-3-1-2-8(6-9)10(16)7-20-13(17)11-4-5-12(21-11)15(18)19/h1-6H,7H2. The van der Waals surface area contributed by atoms with Crippen molar-refractivity contribution in [2.75, 3.05) is 6.61 Å². The van der Waals surface area contributed by atoms with Gasteiger partial charge in [0.2, 0.25) is 0 Å². The number of nitro groups is 1. The Hall–Kier alpha value is -2.61. The molecule has 0 bridgehead atoms. The van der Waals surface area contributed by atoms with Gasteiger partial charge in [-0.2, -0.15) is 0 Å². The second-order valence-electron chi connectivity index (χ2n) is 3.90. The van der Waals surface area contributed by atoms with Gasteiger partial charge in [-0.05, 0) is 18.2 Å². The molecule has 0 atom stereocenters. The van der Waals surface area contributed by atoms with Gasteiger partial charge in [0.15, 0.2) is 12.4 Å². The zero-order valence-corrected chi connectivity index (χ0v) is 11.3. The van der Waals surface area contributed by atoms with Crippen molar-refractivity contribution in [1.82, 2.24) is 0 Å². The van der Waals surface area contributed by atoms with E-state index in [0.717, 1.165) is 6.07 Å². The van der Waals surface area contributed by atoms with Crippen LogP contribution in [0.2, 0.25) is 0 Å². The quantitative estimate of drug-likeness (QED) is 0.367. The van der Waals surface area contributed by atoms with Crippen molar-refractivity contribution in [1.29, 1.82) is 0 Å². The van der Waals surface area contributed by atoms with E-state index in [9.17, 15) is 24.1 Å². The molecule has 2 aromatic rings. The third-order valence-corrected chi connectivity index (χ3v) is 3.47. The van der Waals surface area contributed by atoms with Crippen molar-refractivity contribution in [3.63, 3.8) is 0 Å². The first kappa shape index (κ1) is 14.8. The zero-order valence-electron chi connectivity index (χ0n) is 10.4. The Bertz CT molecular complexity index is 712. The number of benzene rings is 1. The Morgan fingerprint density at radius 1 is 1.29 bits per heavy atom. The first-order valence-electron chi connectivity index (χ1n) is 5.67. The number of hydrogen-bond donors (Lipinski definition) is 0. The molecule has 0 saturated carbocycles. The molecule has 1 heterocycles. The molecule has 21 heavy (non-hydrogen) atoms. The lowest BCUT2D eigenvalue weighted by atomic mass is 10.1. The van der Waals surface area contributed by atoms with E-state index >= 15 is 0 Å². The van der Waals surface area contributed by atoms with Gasteiger partial charge in [0, 0.05) is 11.6 Å². The fourth-order valence-electron chi connectivity index (χ4n) is 1.48. The van der Waals surface area contributed by atoms with Gasteiger partial charge in [0.05, 0.1) is 4.92 Å². The highest BCUT2D eigenvalue weighted by atomic mass is 32.1. The lowest BCUT2D eigenvalue weighted by Crippen LogP contribution is -2.13. The van der Waals surface area contributed by atoms with E-state index in [1.165, 1.54) is 30.3 Å². The van der Waals surface area contributed by atoms with E-state index in [0.29, 0.717) is 11.3 Å². The molecular weight excluding hydrogens is 301 g/mol. The Labute approximate surface area is 121 Å². The molecule has 108 valence electrons.